The van der Waals surface area contributed by atoms with E-state index in [2.05, 4.69) is 15.4 Å². The van der Waals surface area contributed by atoms with Crippen LogP contribution in [0.3, 0.4) is 0 Å². The number of hydrogen-bond donors (Lipinski definition) is 1. The largest absolute Gasteiger partial charge is 0.416 e. The molecule has 1 aliphatic rings. The highest BCUT2D eigenvalue weighted by molar-refractivity contribution is 6.06. The van der Waals surface area contributed by atoms with Crippen LogP contribution < -0.4 is 10.2 Å². The fourth-order valence-corrected chi connectivity index (χ4v) is 3.35. The predicted octanol–water partition coefficient (Wildman–Crippen LogP) is 4.14. The maximum atomic E-state index is 13.2. The van der Waals surface area contributed by atoms with Gasteiger partial charge in [-0.25, -0.2) is 9.67 Å². The number of aromatic nitrogens is 3. The van der Waals surface area contributed by atoms with Crippen LogP contribution in [0.1, 0.15) is 28.8 Å². The van der Waals surface area contributed by atoms with Crippen LogP contribution >= 0.6 is 0 Å². The molecule has 4 rings (SSSR count). The van der Waals surface area contributed by atoms with Gasteiger partial charge in [0.2, 0.25) is 0 Å². The minimum Gasteiger partial charge on any atom is -0.370 e. The monoisotopic (exact) mass is 401 g/mol. The molecular weight excluding hydrogens is 383 g/mol. The third kappa shape index (κ3) is 4.08. The number of amides is 1. The highest BCUT2D eigenvalue weighted by Gasteiger charge is 2.32. The average Bonchev–Trinajstić information content (AvgIpc) is 3.41. The van der Waals surface area contributed by atoms with Crippen LogP contribution in [0.5, 0.6) is 0 Å². The summed E-state index contributed by atoms with van der Waals surface area (Å²) in [5.41, 5.74) is 1.02. The Hall–Kier alpha value is -3.36. The van der Waals surface area contributed by atoms with E-state index in [0.29, 0.717) is 11.3 Å². The van der Waals surface area contributed by atoms with Gasteiger partial charge in [0.05, 0.1) is 22.6 Å². The number of carbonyl (C=O) groups excluding carboxylic acids is 1. The zero-order valence-corrected chi connectivity index (χ0v) is 15.4. The third-order valence-electron chi connectivity index (χ3n) is 4.83. The standard InChI is InChI=1S/C20H18F3N5O/c21-20(22,23)15-5-8-18(27-9-1-2-10-27)17(11-15)26-19(29)14-3-6-16(7-4-14)28-13-24-12-25-28/h3-8,11-13H,1-2,9-10H2,(H,26,29). The van der Waals surface area contributed by atoms with Gasteiger partial charge in [0.1, 0.15) is 12.7 Å². The van der Waals surface area contributed by atoms with Crippen LogP contribution in [0.15, 0.2) is 55.1 Å². The quantitative estimate of drug-likeness (QED) is 0.714. The first kappa shape index (κ1) is 19.0. The number of benzene rings is 2. The van der Waals surface area contributed by atoms with Crippen molar-refractivity contribution >= 4 is 17.3 Å². The first-order valence-corrected chi connectivity index (χ1v) is 9.14. The lowest BCUT2D eigenvalue weighted by atomic mass is 10.1. The number of halogens is 3. The second-order valence-electron chi connectivity index (χ2n) is 6.76. The van der Waals surface area contributed by atoms with Crippen molar-refractivity contribution in [3.05, 3.63) is 66.2 Å². The summed E-state index contributed by atoms with van der Waals surface area (Å²) in [6, 6.07) is 10.0. The number of anilines is 2. The lowest BCUT2D eigenvalue weighted by Crippen LogP contribution is -2.22. The van der Waals surface area contributed by atoms with Gasteiger partial charge in [0, 0.05) is 18.7 Å². The zero-order chi connectivity index (χ0) is 20.4. The summed E-state index contributed by atoms with van der Waals surface area (Å²) < 4.78 is 41.1. The van der Waals surface area contributed by atoms with Crippen LogP contribution in [0, 0.1) is 0 Å². The molecule has 0 aliphatic carbocycles. The number of carbonyl (C=O) groups is 1. The van der Waals surface area contributed by atoms with Crippen molar-refractivity contribution in [1.29, 1.82) is 0 Å². The van der Waals surface area contributed by atoms with E-state index >= 15 is 0 Å². The third-order valence-corrected chi connectivity index (χ3v) is 4.83. The molecule has 150 valence electrons. The van der Waals surface area contributed by atoms with Crippen LogP contribution in [-0.4, -0.2) is 33.8 Å². The van der Waals surface area contributed by atoms with Crippen molar-refractivity contribution < 1.29 is 18.0 Å². The fourth-order valence-electron chi connectivity index (χ4n) is 3.35. The minimum atomic E-state index is -4.48. The summed E-state index contributed by atoms with van der Waals surface area (Å²) in [4.78, 5) is 18.5. The molecule has 29 heavy (non-hydrogen) atoms. The first-order chi connectivity index (χ1) is 13.9. The first-order valence-electron chi connectivity index (χ1n) is 9.14. The molecule has 0 saturated carbocycles. The highest BCUT2D eigenvalue weighted by atomic mass is 19.4. The Kier molecular flexibility index (Phi) is 4.96. The molecule has 0 atom stereocenters. The molecule has 2 aromatic carbocycles. The number of rotatable bonds is 4. The van der Waals surface area contributed by atoms with Crippen LogP contribution in [0.4, 0.5) is 24.5 Å². The van der Waals surface area contributed by atoms with Gasteiger partial charge in [-0.2, -0.15) is 18.3 Å². The number of nitrogens with one attached hydrogen (secondary N) is 1. The molecule has 0 spiro atoms. The summed E-state index contributed by atoms with van der Waals surface area (Å²) in [7, 11) is 0. The fraction of sp³-hybridized carbons (Fsp3) is 0.250. The van der Waals surface area contributed by atoms with Gasteiger partial charge in [-0.05, 0) is 55.3 Å². The maximum absolute atomic E-state index is 13.2. The Balaban J connectivity index is 1.60. The van der Waals surface area contributed by atoms with Gasteiger partial charge in [0.15, 0.2) is 0 Å². The van der Waals surface area contributed by atoms with E-state index in [0.717, 1.165) is 43.8 Å². The molecule has 0 unspecified atom stereocenters. The molecule has 1 aromatic heterocycles. The molecule has 1 N–H and O–H groups in total. The van der Waals surface area contributed by atoms with E-state index in [1.807, 2.05) is 4.90 Å². The molecule has 6 nitrogen and oxygen atoms in total. The normalized spacial score (nSPS) is 14.2. The Bertz CT molecular complexity index is 994. The van der Waals surface area contributed by atoms with Crippen molar-refractivity contribution in [3.8, 4) is 5.69 Å². The van der Waals surface area contributed by atoms with Crippen molar-refractivity contribution in [2.75, 3.05) is 23.3 Å². The van der Waals surface area contributed by atoms with Gasteiger partial charge >= 0.3 is 6.18 Å². The lowest BCUT2D eigenvalue weighted by molar-refractivity contribution is -0.137. The van der Waals surface area contributed by atoms with Crippen molar-refractivity contribution in [1.82, 2.24) is 14.8 Å². The molecule has 3 aromatic rings. The van der Waals surface area contributed by atoms with E-state index < -0.39 is 17.6 Å². The summed E-state index contributed by atoms with van der Waals surface area (Å²) in [6.45, 7) is 1.50. The smallest absolute Gasteiger partial charge is 0.370 e. The second kappa shape index (κ2) is 7.57. The summed E-state index contributed by atoms with van der Waals surface area (Å²) >= 11 is 0. The van der Waals surface area contributed by atoms with E-state index in [-0.39, 0.29) is 5.69 Å². The molecule has 1 aliphatic heterocycles. The van der Waals surface area contributed by atoms with Gasteiger partial charge in [0.25, 0.3) is 5.91 Å². The van der Waals surface area contributed by atoms with Gasteiger partial charge in [-0.3, -0.25) is 4.79 Å². The molecule has 1 amide bonds. The van der Waals surface area contributed by atoms with E-state index in [9.17, 15) is 18.0 Å². The Morgan fingerprint density at radius 3 is 2.38 bits per heavy atom. The minimum absolute atomic E-state index is 0.159. The Labute approximate surface area is 165 Å². The van der Waals surface area contributed by atoms with Crippen molar-refractivity contribution in [2.24, 2.45) is 0 Å². The Morgan fingerprint density at radius 2 is 1.76 bits per heavy atom. The lowest BCUT2D eigenvalue weighted by Gasteiger charge is -2.23. The van der Waals surface area contributed by atoms with Crippen LogP contribution in [0.25, 0.3) is 5.69 Å². The van der Waals surface area contributed by atoms with Gasteiger partial charge in [-0.1, -0.05) is 0 Å². The average molecular weight is 401 g/mol. The molecule has 0 radical (unpaired) electrons. The predicted molar refractivity (Wildman–Crippen MR) is 102 cm³/mol. The maximum Gasteiger partial charge on any atom is 0.416 e. The second-order valence-corrected chi connectivity index (χ2v) is 6.76. The van der Waals surface area contributed by atoms with Gasteiger partial charge in [-0.15, -0.1) is 0 Å². The van der Waals surface area contributed by atoms with Crippen LogP contribution in [0.2, 0.25) is 0 Å². The number of hydrogen-bond acceptors (Lipinski definition) is 4. The SMILES string of the molecule is O=C(Nc1cc(C(F)(F)F)ccc1N1CCCC1)c1ccc(-n2cncn2)cc1. The van der Waals surface area contributed by atoms with Crippen molar-refractivity contribution in [2.45, 2.75) is 19.0 Å². The van der Waals surface area contributed by atoms with E-state index in [1.165, 1.54) is 18.7 Å². The van der Waals surface area contributed by atoms with Crippen molar-refractivity contribution in [3.63, 3.8) is 0 Å². The molecule has 1 fully saturated rings. The highest BCUT2D eigenvalue weighted by Crippen LogP contribution is 2.36. The van der Waals surface area contributed by atoms with E-state index in [4.69, 9.17) is 0 Å². The number of alkyl halides is 3. The number of nitrogens with zero attached hydrogens (tertiary/aromatic N) is 4. The molecule has 0 bridgehead atoms. The summed E-state index contributed by atoms with van der Waals surface area (Å²) in [5, 5.41) is 6.67. The molecular formula is C20H18F3N5O. The van der Waals surface area contributed by atoms with E-state index in [1.54, 1.807) is 28.9 Å². The van der Waals surface area contributed by atoms with Crippen LogP contribution in [-0.2, 0) is 6.18 Å². The topological polar surface area (TPSA) is 63.1 Å². The molecule has 9 heteroatoms. The molecule has 1 saturated heterocycles. The Morgan fingerprint density at radius 1 is 1.03 bits per heavy atom. The summed E-state index contributed by atoms with van der Waals surface area (Å²) in [5.74, 6) is -0.477. The zero-order valence-electron chi connectivity index (χ0n) is 15.4. The molecule has 2 heterocycles. The summed E-state index contributed by atoms with van der Waals surface area (Å²) in [6.07, 6.45) is 0.382. The van der Waals surface area contributed by atoms with Gasteiger partial charge < -0.3 is 10.2 Å².